The lowest BCUT2D eigenvalue weighted by Crippen LogP contribution is -2.50. The highest BCUT2D eigenvalue weighted by atomic mass is 19.3. The summed E-state index contributed by atoms with van der Waals surface area (Å²) in [4.78, 5) is 15.0. The molecule has 1 N–H and O–H groups in total. The number of fused-ring (bicyclic) bond motifs is 1. The topological polar surface area (TPSA) is 88.7 Å². The average molecular weight is 402 g/mol. The molecule has 10 heteroatoms. The van der Waals surface area contributed by atoms with Gasteiger partial charge < -0.3 is 14.7 Å². The normalized spacial score (nSPS) is 22.6. The molecule has 1 saturated heterocycles. The van der Waals surface area contributed by atoms with E-state index in [0.717, 1.165) is 12.8 Å². The fraction of sp³-hybridized carbons (Fsp3) is 0.474. The highest BCUT2D eigenvalue weighted by Gasteiger charge is 2.38. The van der Waals surface area contributed by atoms with Gasteiger partial charge in [0.25, 0.3) is 6.43 Å². The van der Waals surface area contributed by atoms with Gasteiger partial charge in [0.15, 0.2) is 5.65 Å². The largest absolute Gasteiger partial charge is 0.394 e. The molecule has 1 aliphatic carbocycles. The molecule has 0 spiro atoms. The lowest BCUT2D eigenvalue weighted by Gasteiger charge is -2.38. The zero-order valence-electron chi connectivity index (χ0n) is 15.5. The fourth-order valence-corrected chi connectivity index (χ4v) is 3.73. The molecule has 3 aromatic heterocycles. The van der Waals surface area contributed by atoms with Crippen molar-refractivity contribution in [3.05, 3.63) is 36.4 Å². The van der Waals surface area contributed by atoms with Crippen molar-refractivity contribution >= 4 is 11.5 Å². The van der Waals surface area contributed by atoms with Crippen LogP contribution < -0.4 is 4.90 Å². The minimum absolute atomic E-state index is 0.0504. The van der Waals surface area contributed by atoms with Gasteiger partial charge in [-0.2, -0.15) is 5.10 Å². The molecule has 0 radical (unpaired) electrons. The quantitative estimate of drug-likeness (QED) is 0.699. The number of rotatable bonds is 5. The van der Waals surface area contributed by atoms with E-state index in [4.69, 9.17) is 4.74 Å². The first-order valence-electron chi connectivity index (χ1n) is 9.59. The van der Waals surface area contributed by atoms with Crippen LogP contribution in [0, 0.1) is 5.92 Å². The van der Waals surface area contributed by atoms with Crippen LogP contribution in [-0.4, -0.2) is 61.6 Å². The zero-order valence-corrected chi connectivity index (χ0v) is 15.5. The molecule has 8 nitrogen and oxygen atoms in total. The van der Waals surface area contributed by atoms with Gasteiger partial charge >= 0.3 is 0 Å². The van der Waals surface area contributed by atoms with E-state index in [1.807, 2.05) is 0 Å². The van der Waals surface area contributed by atoms with Crippen molar-refractivity contribution in [2.45, 2.75) is 31.5 Å². The first-order valence-corrected chi connectivity index (χ1v) is 9.59. The summed E-state index contributed by atoms with van der Waals surface area (Å²) in [5, 5.41) is 13.6. The minimum Gasteiger partial charge on any atom is -0.394 e. The van der Waals surface area contributed by atoms with Gasteiger partial charge in [-0.25, -0.2) is 28.2 Å². The van der Waals surface area contributed by atoms with E-state index < -0.39 is 6.43 Å². The van der Waals surface area contributed by atoms with Gasteiger partial charge in [0.05, 0.1) is 30.7 Å². The maximum atomic E-state index is 13.1. The van der Waals surface area contributed by atoms with Crippen molar-refractivity contribution < 1.29 is 18.6 Å². The van der Waals surface area contributed by atoms with E-state index in [9.17, 15) is 13.9 Å². The first kappa shape index (κ1) is 18.3. The Morgan fingerprint density at radius 3 is 2.79 bits per heavy atom. The van der Waals surface area contributed by atoms with Crippen molar-refractivity contribution in [2.24, 2.45) is 5.92 Å². The Kier molecular flexibility index (Phi) is 4.59. The van der Waals surface area contributed by atoms with Crippen molar-refractivity contribution in [3.8, 4) is 11.4 Å². The second kappa shape index (κ2) is 7.27. The summed E-state index contributed by atoms with van der Waals surface area (Å²) in [6.07, 6.45) is 2.43. The Bertz CT molecular complexity index is 1020. The van der Waals surface area contributed by atoms with Crippen molar-refractivity contribution in [1.29, 1.82) is 0 Å². The standard InChI is InChI=1S/C19H20F2N6O2/c20-19(21)13-3-4-17-22-6-15(27(17)25-13)14-5-18(24-10-23-14)26-7-12(9-28)29-16(8-26)11-1-2-11/h3-6,10-12,16,19,28H,1-2,7-9H2. The van der Waals surface area contributed by atoms with Crippen LogP contribution in [0.4, 0.5) is 14.6 Å². The summed E-state index contributed by atoms with van der Waals surface area (Å²) in [5.74, 6) is 1.23. The van der Waals surface area contributed by atoms with Crippen molar-refractivity contribution in [3.63, 3.8) is 0 Å². The molecule has 0 aromatic carbocycles. The molecular weight excluding hydrogens is 382 g/mol. The van der Waals surface area contributed by atoms with Gasteiger partial charge in [-0.05, 0) is 30.9 Å². The summed E-state index contributed by atoms with van der Waals surface area (Å²) in [6.45, 7) is 1.17. The smallest absolute Gasteiger partial charge is 0.282 e. The van der Waals surface area contributed by atoms with Crippen LogP contribution in [0.5, 0.6) is 0 Å². The van der Waals surface area contributed by atoms with Crippen LogP contribution in [0.3, 0.4) is 0 Å². The number of aromatic nitrogens is 5. The SMILES string of the molecule is OCC1CN(c2cc(-c3cnc4ccc(C(F)F)nn34)ncn2)CC(C2CC2)O1. The van der Waals surface area contributed by atoms with E-state index in [-0.39, 0.29) is 24.5 Å². The van der Waals surface area contributed by atoms with E-state index >= 15 is 0 Å². The molecule has 5 rings (SSSR count). The molecular formula is C19H20F2N6O2. The number of alkyl halides is 2. The summed E-state index contributed by atoms with van der Waals surface area (Å²) in [5.41, 5.74) is 1.19. The molecule has 0 amide bonds. The van der Waals surface area contributed by atoms with E-state index in [1.165, 1.54) is 23.0 Å². The Labute approximate surface area is 165 Å². The third-order valence-corrected chi connectivity index (χ3v) is 5.39. The Balaban J connectivity index is 1.48. The number of nitrogens with zero attached hydrogens (tertiary/aromatic N) is 6. The third kappa shape index (κ3) is 3.53. The van der Waals surface area contributed by atoms with Crippen LogP contribution in [0.15, 0.2) is 30.7 Å². The second-order valence-electron chi connectivity index (χ2n) is 7.46. The number of hydrogen-bond donors (Lipinski definition) is 1. The molecule has 3 aromatic rings. The monoisotopic (exact) mass is 402 g/mol. The van der Waals surface area contributed by atoms with Gasteiger partial charge in [0.2, 0.25) is 0 Å². The van der Waals surface area contributed by atoms with E-state index in [0.29, 0.717) is 41.9 Å². The first-order chi connectivity index (χ1) is 14.1. The zero-order chi connectivity index (χ0) is 20.0. The van der Waals surface area contributed by atoms with Gasteiger partial charge in [0, 0.05) is 19.2 Å². The maximum Gasteiger partial charge on any atom is 0.282 e. The molecule has 1 aliphatic heterocycles. The molecule has 2 aliphatic rings. The molecule has 152 valence electrons. The summed E-state index contributed by atoms with van der Waals surface area (Å²) in [6, 6.07) is 4.57. The molecule has 29 heavy (non-hydrogen) atoms. The molecule has 2 unspecified atom stereocenters. The van der Waals surface area contributed by atoms with Gasteiger partial charge in [-0.3, -0.25) is 0 Å². The third-order valence-electron chi connectivity index (χ3n) is 5.39. The fourth-order valence-electron chi connectivity index (χ4n) is 3.73. The number of aliphatic hydroxyl groups is 1. The number of hydrogen-bond acceptors (Lipinski definition) is 7. The van der Waals surface area contributed by atoms with Crippen LogP contribution in [-0.2, 0) is 4.74 Å². The lowest BCUT2D eigenvalue weighted by molar-refractivity contribution is -0.0596. The predicted octanol–water partition coefficient (Wildman–Crippen LogP) is 2.10. The van der Waals surface area contributed by atoms with Gasteiger partial charge in [-0.1, -0.05) is 0 Å². The average Bonchev–Trinajstić information content (AvgIpc) is 3.52. The molecule has 0 bridgehead atoms. The van der Waals surface area contributed by atoms with Crippen LogP contribution in [0.2, 0.25) is 0 Å². The summed E-state index contributed by atoms with van der Waals surface area (Å²) < 4.78 is 33.5. The van der Waals surface area contributed by atoms with E-state index in [2.05, 4.69) is 25.0 Å². The second-order valence-corrected chi connectivity index (χ2v) is 7.46. The minimum atomic E-state index is -2.67. The molecule has 1 saturated carbocycles. The van der Waals surface area contributed by atoms with Crippen molar-refractivity contribution in [2.75, 3.05) is 24.6 Å². The van der Waals surface area contributed by atoms with E-state index in [1.54, 1.807) is 12.3 Å². The van der Waals surface area contributed by atoms with Crippen LogP contribution >= 0.6 is 0 Å². The number of anilines is 1. The predicted molar refractivity (Wildman–Crippen MR) is 99.7 cm³/mol. The number of ether oxygens (including phenoxy) is 1. The molecule has 2 fully saturated rings. The van der Waals surface area contributed by atoms with Crippen LogP contribution in [0.1, 0.15) is 25.0 Å². The lowest BCUT2D eigenvalue weighted by atomic mass is 10.1. The highest BCUT2D eigenvalue weighted by Crippen LogP contribution is 2.37. The Morgan fingerprint density at radius 1 is 1.17 bits per heavy atom. The summed E-state index contributed by atoms with van der Waals surface area (Å²) >= 11 is 0. The Morgan fingerprint density at radius 2 is 2.03 bits per heavy atom. The number of aliphatic hydroxyl groups excluding tert-OH is 1. The highest BCUT2D eigenvalue weighted by molar-refractivity contribution is 5.62. The number of morpholine rings is 1. The number of halogens is 2. The van der Waals surface area contributed by atoms with Crippen molar-refractivity contribution in [1.82, 2.24) is 24.6 Å². The van der Waals surface area contributed by atoms with Gasteiger partial charge in [-0.15, -0.1) is 0 Å². The van der Waals surface area contributed by atoms with Crippen LogP contribution in [0.25, 0.3) is 17.0 Å². The molecule has 4 heterocycles. The maximum absolute atomic E-state index is 13.1. The summed E-state index contributed by atoms with van der Waals surface area (Å²) in [7, 11) is 0. The Hall–Kier alpha value is -2.72. The number of imidazole rings is 1. The van der Waals surface area contributed by atoms with Gasteiger partial charge in [0.1, 0.15) is 23.5 Å². The molecule has 2 atom stereocenters.